The first-order chi connectivity index (χ1) is 8.70. The van der Waals surface area contributed by atoms with Crippen LogP contribution < -0.4 is 0 Å². The molecule has 0 saturated heterocycles. The monoisotopic (exact) mass is 264 g/mol. The maximum absolute atomic E-state index is 10.9. The van der Waals surface area contributed by atoms with Crippen molar-refractivity contribution in [2.75, 3.05) is 5.75 Å². The number of fused-ring (bicyclic) bond motifs is 1. The third kappa shape index (κ3) is 3.13. The lowest BCUT2D eigenvalue weighted by Crippen LogP contribution is -2.07. The lowest BCUT2D eigenvalue weighted by atomic mass is 9.90. The van der Waals surface area contributed by atoms with Crippen molar-refractivity contribution < 1.29 is 14.7 Å². The molecule has 1 aromatic carbocycles. The summed E-state index contributed by atoms with van der Waals surface area (Å²) in [6, 6.07) is 6.00. The van der Waals surface area contributed by atoms with Crippen molar-refractivity contribution in [3.8, 4) is 0 Å². The zero-order valence-corrected chi connectivity index (χ0v) is 10.9. The number of thioether (sulfide) groups is 1. The van der Waals surface area contributed by atoms with E-state index in [0.717, 1.165) is 36.0 Å². The van der Waals surface area contributed by atoms with Crippen LogP contribution in [-0.4, -0.2) is 23.1 Å². The van der Waals surface area contributed by atoms with Crippen molar-refractivity contribution in [3.05, 3.63) is 29.3 Å². The van der Waals surface area contributed by atoms with Gasteiger partial charge in [0.2, 0.25) is 0 Å². The van der Waals surface area contributed by atoms with Crippen LogP contribution in [0.5, 0.6) is 0 Å². The van der Waals surface area contributed by atoms with Crippen LogP contribution in [0.2, 0.25) is 0 Å². The predicted octanol–water partition coefficient (Wildman–Crippen LogP) is 2.87. The average molecular weight is 264 g/mol. The van der Waals surface area contributed by atoms with Gasteiger partial charge < -0.3 is 9.90 Å². The second kappa shape index (κ2) is 6.05. The van der Waals surface area contributed by atoms with Crippen LogP contribution in [0.25, 0.3) is 0 Å². The zero-order chi connectivity index (χ0) is 13.0. The summed E-state index contributed by atoms with van der Waals surface area (Å²) in [6.07, 6.45) is 3.42. The summed E-state index contributed by atoms with van der Waals surface area (Å²) in [5.41, 5.74) is 2.08. The van der Waals surface area contributed by atoms with Crippen LogP contribution in [0.15, 0.2) is 23.1 Å². The van der Waals surface area contributed by atoms with Crippen molar-refractivity contribution in [1.29, 1.82) is 0 Å². The zero-order valence-electron chi connectivity index (χ0n) is 10.1. The highest BCUT2D eigenvalue weighted by Gasteiger charge is 2.21. The number of carboxylic acids is 1. The van der Waals surface area contributed by atoms with Crippen LogP contribution in [0, 0.1) is 0 Å². The Kier molecular flexibility index (Phi) is 4.42. The molecule has 0 spiro atoms. The van der Waals surface area contributed by atoms with Gasteiger partial charge in [0.05, 0.1) is 6.42 Å². The molecule has 0 radical (unpaired) electrons. The third-order valence-electron chi connectivity index (χ3n) is 3.21. The fraction of sp³-hybridized carbons (Fsp3) is 0.429. The van der Waals surface area contributed by atoms with Gasteiger partial charge in [-0.3, -0.25) is 4.79 Å². The number of rotatable bonds is 4. The van der Waals surface area contributed by atoms with Gasteiger partial charge in [0.25, 0.3) is 0 Å². The van der Waals surface area contributed by atoms with Crippen LogP contribution in [0.3, 0.4) is 0 Å². The summed E-state index contributed by atoms with van der Waals surface area (Å²) >= 11 is 1.79. The van der Waals surface area contributed by atoms with Gasteiger partial charge >= 0.3 is 5.97 Å². The van der Waals surface area contributed by atoms with Crippen molar-refractivity contribution >= 4 is 24.0 Å². The van der Waals surface area contributed by atoms with E-state index in [2.05, 4.69) is 0 Å². The molecule has 4 heteroatoms. The van der Waals surface area contributed by atoms with E-state index >= 15 is 0 Å². The van der Waals surface area contributed by atoms with Crippen molar-refractivity contribution in [2.45, 2.75) is 36.5 Å². The molecule has 1 aliphatic heterocycles. The number of carbonyl (C=O) groups excluding carboxylic acids is 1. The quantitative estimate of drug-likeness (QED) is 0.850. The Bertz CT molecular complexity index is 456. The van der Waals surface area contributed by atoms with Crippen molar-refractivity contribution in [2.24, 2.45) is 0 Å². The molecule has 0 bridgehead atoms. The molecule has 1 heterocycles. The molecule has 0 saturated carbocycles. The third-order valence-corrected chi connectivity index (χ3v) is 4.38. The fourth-order valence-corrected chi connectivity index (χ4v) is 3.45. The lowest BCUT2D eigenvalue weighted by Gasteiger charge is -2.16. The highest BCUT2D eigenvalue weighted by atomic mass is 32.2. The summed E-state index contributed by atoms with van der Waals surface area (Å²) in [5, 5.41) is 8.99. The van der Waals surface area contributed by atoms with E-state index in [1.807, 2.05) is 18.2 Å². The Morgan fingerprint density at radius 2 is 2.33 bits per heavy atom. The predicted molar refractivity (Wildman–Crippen MR) is 71.2 cm³/mol. The maximum Gasteiger partial charge on any atom is 0.303 e. The van der Waals surface area contributed by atoms with Gasteiger partial charge in [0, 0.05) is 11.3 Å². The van der Waals surface area contributed by atoms with E-state index in [0.29, 0.717) is 6.42 Å². The molecule has 0 aromatic heterocycles. The molecular weight excluding hydrogens is 248 g/mol. The van der Waals surface area contributed by atoms with Gasteiger partial charge in [-0.1, -0.05) is 12.1 Å². The van der Waals surface area contributed by atoms with Crippen molar-refractivity contribution in [3.63, 3.8) is 0 Å². The highest BCUT2D eigenvalue weighted by molar-refractivity contribution is 7.99. The Morgan fingerprint density at radius 1 is 1.50 bits per heavy atom. The van der Waals surface area contributed by atoms with E-state index < -0.39 is 5.97 Å². The molecule has 0 aliphatic carbocycles. The number of benzene rings is 1. The van der Waals surface area contributed by atoms with Gasteiger partial charge in [-0.2, -0.15) is 0 Å². The summed E-state index contributed by atoms with van der Waals surface area (Å²) in [7, 11) is 0. The first kappa shape index (κ1) is 13.1. The molecule has 1 aromatic rings. The first-order valence-corrected chi connectivity index (χ1v) is 7.10. The smallest absolute Gasteiger partial charge is 0.303 e. The second-order valence-electron chi connectivity index (χ2n) is 4.53. The van der Waals surface area contributed by atoms with Gasteiger partial charge in [-0.05, 0) is 41.7 Å². The minimum absolute atomic E-state index is 0.0825. The Balaban J connectivity index is 2.33. The molecule has 1 unspecified atom stereocenters. The average Bonchev–Trinajstić information content (AvgIpc) is 2.52. The molecule has 3 nitrogen and oxygen atoms in total. The summed E-state index contributed by atoms with van der Waals surface area (Å²) in [5.74, 6) is 0.369. The maximum atomic E-state index is 10.9. The fourth-order valence-electron chi connectivity index (χ4n) is 2.36. The number of aldehydes is 1. The topological polar surface area (TPSA) is 54.4 Å². The number of hydrogen-bond donors (Lipinski definition) is 1. The summed E-state index contributed by atoms with van der Waals surface area (Å²) < 4.78 is 0. The molecule has 96 valence electrons. The van der Waals surface area contributed by atoms with Crippen LogP contribution >= 0.6 is 11.8 Å². The Hall–Kier alpha value is -1.29. The minimum Gasteiger partial charge on any atom is -0.481 e. The standard InChI is InChI=1S/C14H16O3S/c15-6-5-10-3-4-13-12(8-10)11(9-14(16)17)2-1-7-18-13/h3-4,6,8,11H,1-2,5,7,9H2,(H,16,17). The molecule has 1 atom stereocenters. The van der Waals surface area contributed by atoms with Gasteiger partial charge in [0.1, 0.15) is 6.29 Å². The van der Waals surface area contributed by atoms with E-state index in [9.17, 15) is 9.59 Å². The van der Waals surface area contributed by atoms with Gasteiger partial charge in [-0.25, -0.2) is 0 Å². The van der Waals surface area contributed by atoms with E-state index in [1.165, 1.54) is 4.90 Å². The molecule has 2 rings (SSSR count). The molecular formula is C14H16O3S. The van der Waals surface area contributed by atoms with Gasteiger partial charge in [-0.15, -0.1) is 11.8 Å². The Labute approximate surface area is 111 Å². The van der Waals surface area contributed by atoms with Gasteiger partial charge in [0.15, 0.2) is 0 Å². The molecule has 1 N–H and O–H groups in total. The summed E-state index contributed by atoms with van der Waals surface area (Å²) in [6.45, 7) is 0. The summed E-state index contributed by atoms with van der Waals surface area (Å²) in [4.78, 5) is 22.7. The van der Waals surface area contributed by atoms with E-state index in [1.54, 1.807) is 11.8 Å². The number of carboxylic acid groups (broad SMARTS) is 1. The van der Waals surface area contributed by atoms with Crippen LogP contribution in [-0.2, 0) is 16.0 Å². The second-order valence-corrected chi connectivity index (χ2v) is 5.67. The molecule has 0 amide bonds. The molecule has 18 heavy (non-hydrogen) atoms. The minimum atomic E-state index is -0.751. The largest absolute Gasteiger partial charge is 0.481 e. The van der Waals surface area contributed by atoms with Crippen molar-refractivity contribution in [1.82, 2.24) is 0 Å². The highest BCUT2D eigenvalue weighted by Crippen LogP contribution is 2.38. The first-order valence-electron chi connectivity index (χ1n) is 6.11. The lowest BCUT2D eigenvalue weighted by molar-refractivity contribution is -0.137. The number of carbonyl (C=O) groups is 2. The molecule has 1 aliphatic rings. The SMILES string of the molecule is O=CCc1ccc2c(c1)C(CC(=O)O)CCCS2. The van der Waals surface area contributed by atoms with Crippen LogP contribution in [0.4, 0.5) is 0 Å². The number of hydrogen-bond acceptors (Lipinski definition) is 3. The molecule has 0 fully saturated rings. The number of aliphatic carboxylic acids is 1. The Morgan fingerprint density at radius 3 is 3.06 bits per heavy atom. The van der Waals surface area contributed by atoms with E-state index in [-0.39, 0.29) is 12.3 Å². The van der Waals surface area contributed by atoms with E-state index in [4.69, 9.17) is 5.11 Å². The normalized spacial score (nSPS) is 18.8. The van der Waals surface area contributed by atoms with Crippen LogP contribution in [0.1, 0.15) is 36.3 Å².